The molecule has 0 bridgehead atoms. The monoisotopic (exact) mass is 354 g/mol. The fourth-order valence-electron chi connectivity index (χ4n) is 4.23. The Morgan fingerprint density at radius 1 is 0.731 bits per heavy atom. The zero-order valence-electron chi connectivity index (χ0n) is 15.7. The molecule has 4 nitrogen and oxygen atoms in total. The molecule has 2 aromatic rings. The molecule has 1 saturated heterocycles. The van der Waals surface area contributed by atoms with Gasteiger partial charge in [-0.15, -0.1) is 0 Å². The maximum Gasteiger partial charge on any atom is 0.0628 e. The van der Waals surface area contributed by atoms with E-state index in [0.29, 0.717) is 0 Å². The lowest BCUT2D eigenvalue weighted by Gasteiger charge is -2.50. The molecular weight excluding hydrogens is 324 g/mol. The minimum atomic E-state index is 0.0140. The van der Waals surface area contributed by atoms with Crippen LogP contribution >= 0.6 is 0 Å². The Morgan fingerprint density at radius 3 is 1.38 bits per heavy atom. The zero-order chi connectivity index (χ0) is 18.5. The number of hydrogen-bond donors (Lipinski definition) is 2. The SMILES string of the molecule is C[C@@H]1[C@@H](C)N([C@@H](CO)c2ccccc2)CCN1[C@@H](CO)c1ccccc1. The van der Waals surface area contributed by atoms with Gasteiger partial charge in [0.1, 0.15) is 0 Å². The number of nitrogens with zero attached hydrogens (tertiary/aromatic N) is 2. The summed E-state index contributed by atoms with van der Waals surface area (Å²) in [4.78, 5) is 4.80. The molecule has 1 aliphatic heterocycles. The van der Waals surface area contributed by atoms with E-state index in [9.17, 15) is 10.2 Å². The normalized spacial score (nSPS) is 24.3. The summed E-state index contributed by atoms with van der Waals surface area (Å²) in [5.41, 5.74) is 2.31. The van der Waals surface area contributed by atoms with Gasteiger partial charge in [0.05, 0.1) is 25.3 Å². The molecule has 4 atom stereocenters. The first-order chi connectivity index (χ1) is 12.7. The van der Waals surface area contributed by atoms with Crippen LogP contribution in [-0.4, -0.2) is 58.4 Å². The number of aliphatic hydroxyl groups is 2. The first kappa shape index (κ1) is 19.1. The van der Waals surface area contributed by atoms with E-state index < -0.39 is 0 Å². The molecule has 4 heteroatoms. The van der Waals surface area contributed by atoms with E-state index in [1.54, 1.807) is 0 Å². The van der Waals surface area contributed by atoms with Gasteiger partial charge in [-0.2, -0.15) is 0 Å². The smallest absolute Gasteiger partial charge is 0.0628 e. The second kappa shape index (κ2) is 8.78. The van der Waals surface area contributed by atoms with Crippen LogP contribution in [0.3, 0.4) is 0 Å². The van der Waals surface area contributed by atoms with E-state index >= 15 is 0 Å². The van der Waals surface area contributed by atoms with Gasteiger partial charge in [-0.1, -0.05) is 60.7 Å². The minimum Gasteiger partial charge on any atom is -0.394 e. The van der Waals surface area contributed by atoms with E-state index in [2.05, 4.69) is 47.9 Å². The Morgan fingerprint density at radius 2 is 1.08 bits per heavy atom. The van der Waals surface area contributed by atoms with Crippen LogP contribution in [0.4, 0.5) is 0 Å². The van der Waals surface area contributed by atoms with Crippen LogP contribution in [-0.2, 0) is 0 Å². The van der Waals surface area contributed by atoms with Crippen LogP contribution in [0.2, 0.25) is 0 Å². The molecule has 26 heavy (non-hydrogen) atoms. The first-order valence-electron chi connectivity index (χ1n) is 9.50. The van der Waals surface area contributed by atoms with Crippen LogP contribution in [0.15, 0.2) is 60.7 Å². The van der Waals surface area contributed by atoms with Gasteiger partial charge >= 0.3 is 0 Å². The van der Waals surface area contributed by atoms with Gasteiger partial charge in [0.2, 0.25) is 0 Å². The number of piperazine rings is 1. The van der Waals surface area contributed by atoms with Crippen LogP contribution in [0, 0.1) is 0 Å². The van der Waals surface area contributed by atoms with Crippen molar-refractivity contribution >= 4 is 0 Å². The lowest BCUT2D eigenvalue weighted by molar-refractivity contribution is -0.0372. The van der Waals surface area contributed by atoms with Crippen molar-refractivity contribution in [1.82, 2.24) is 9.80 Å². The second-order valence-corrected chi connectivity index (χ2v) is 7.17. The van der Waals surface area contributed by atoms with E-state index in [0.717, 1.165) is 24.2 Å². The highest BCUT2D eigenvalue weighted by Crippen LogP contribution is 2.32. The predicted octanol–water partition coefficient (Wildman–Crippen LogP) is 2.85. The summed E-state index contributed by atoms with van der Waals surface area (Å²) in [6, 6.07) is 21.1. The van der Waals surface area contributed by atoms with Crippen molar-refractivity contribution in [3.8, 4) is 0 Å². The molecule has 0 saturated carbocycles. The molecule has 0 aromatic heterocycles. The van der Waals surface area contributed by atoms with E-state index in [1.165, 1.54) is 0 Å². The number of hydrogen-bond acceptors (Lipinski definition) is 4. The maximum absolute atomic E-state index is 10.0. The van der Waals surface area contributed by atoms with Crippen LogP contribution < -0.4 is 0 Å². The third-order valence-electron chi connectivity index (χ3n) is 5.88. The Balaban J connectivity index is 1.78. The summed E-state index contributed by atoms with van der Waals surface area (Å²) in [6.07, 6.45) is 0. The van der Waals surface area contributed by atoms with Gasteiger partial charge in [0, 0.05) is 25.2 Å². The summed E-state index contributed by atoms with van der Waals surface area (Å²) >= 11 is 0. The first-order valence-corrected chi connectivity index (χ1v) is 9.50. The number of benzene rings is 2. The molecule has 2 N–H and O–H groups in total. The molecule has 140 valence electrons. The highest BCUT2D eigenvalue weighted by atomic mass is 16.3. The van der Waals surface area contributed by atoms with Crippen LogP contribution in [0.5, 0.6) is 0 Å². The molecule has 1 aliphatic rings. The van der Waals surface area contributed by atoms with E-state index in [1.807, 2.05) is 36.4 Å². The Bertz CT molecular complexity index is 605. The van der Waals surface area contributed by atoms with Crippen molar-refractivity contribution in [2.24, 2.45) is 0 Å². The minimum absolute atomic E-state index is 0.0140. The molecule has 0 unspecified atom stereocenters. The molecule has 2 aromatic carbocycles. The van der Waals surface area contributed by atoms with Crippen molar-refractivity contribution in [2.45, 2.75) is 38.0 Å². The van der Waals surface area contributed by atoms with Crippen LogP contribution in [0.25, 0.3) is 0 Å². The molecular formula is C22H30N2O2. The topological polar surface area (TPSA) is 46.9 Å². The molecule has 0 spiro atoms. The third-order valence-corrected chi connectivity index (χ3v) is 5.88. The van der Waals surface area contributed by atoms with Gasteiger partial charge in [-0.05, 0) is 25.0 Å². The Kier molecular flexibility index (Phi) is 6.43. The highest BCUT2D eigenvalue weighted by Gasteiger charge is 2.37. The van der Waals surface area contributed by atoms with Gasteiger partial charge in [-0.25, -0.2) is 0 Å². The van der Waals surface area contributed by atoms with Crippen molar-refractivity contribution in [2.75, 3.05) is 26.3 Å². The van der Waals surface area contributed by atoms with Gasteiger partial charge < -0.3 is 10.2 Å². The third kappa shape index (κ3) is 3.84. The number of rotatable bonds is 6. The van der Waals surface area contributed by atoms with Crippen molar-refractivity contribution in [3.63, 3.8) is 0 Å². The Hall–Kier alpha value is -1.72. The fourth-order valence-corrected chi connectivity index (χ4v) is 4.23. The van der Waals surface area contributed by atoms with E-state index in [4.69, 9.17) is 0 Å². The van der Waals surface area contributed by atoms with E-state index in [-0.39, 0.29) is 37.4 Å². The summed E-state index contributed by atoms with van der Waals surface area (Å²) < 4.78 is 0. The van der Waals surface area contributed by atoms with Crippen molar-refractivity contribution in [3.05, 3.63) is 71.8 Å². The maximum atomic E-state index is 10.0. The lowest BCUT2D eigenvalue weighted by Crippen LogP contribution is -2.59. The summed E-state index contributed by atoms with van der Waals surface area (Å²) in [5.74, 6) is 0. The fraction of sp³-hybridized carbons (Fsp3) is 0.455. The molecule has 3 rings (SSSR count). The predicted molar refractivity (Wildman–Crippen MR) is 105 cm³/mol. The molecule has 1 fully saturated rings. The zero-order valence-corrected chi connectivity index (χ0v) is 15.7. The van der Waals surface area contributed by atoms with Crippen molar-refractivity contribution < 1.29 is 10.2 Å². The molecule has 0 amide bonds. The standard InChI is InChI=1S/C22H30N2O2/c1-17-18(2)24(22(16-26)20-11-7-4-8-12-20)14-13-23(17)21(15-25)19-9-5-3-6-10-19/h3-12,17-18,21-22,25-26H,13-16H2,1-2H3/t17-,18-,21+,22+/m1/s1. The summed E-state index contributed by atoms with van der Waals surface area (Å²) in [6.45, 7) is 6.42. The largest absolute Gasteiger partial charge is 0.394 e. The number of aliphatic hydroxyl groups excluding tert-OH is 2. The lowest BCUT2D eigenvalue weighted by atomic mass is 9.95. The second-order valence-electron chi connectivity index (χ2n) is 7.17. The van der Waals surface area contributed by atoms with Gasteiger partial charge in [-0.3, -0.25) is 9.80 Å². The summed E-state index contributed by atoms with van der Waals surface area (Å²) in [5, 5.41) is 20.1. The average Bonchev–Trinajstić information content (AvgIpc) is 2.69. The Labute approximate surface area is 156 Å². The van der Waals surface area contributed by atoms with Gasteiger partial charge in [0.15, 0.2) is 0 Å². The molecule has 0 radical (unpaired) electrons. The van der Waals surface area contributed by atoms with Crippen LogP contribution in [0.1, 0.15) is 37.1 Å². The quantitative estimate of drug-likeness (QED) is 0.837. The van der Waals surface area contributed by atoms with Gasteiger partial charge in [0.25, 0.3) is 0 Å². The highest BCUT2D eigenvalue weighted by molar-refractivity contribution is 5.21. The molecule has 1 heterocycles. The molecule has 0 aliphatic carbocycles. The average molecular weight is 354 g/mol. The summed E-state index contributed by atoms with van der Waals surface area (Å²) in [7, 11) is 0. The van der Waals surface area contributed by atoms with Crippen molar-refractivity contribution in [1.29, 1.82) is 0 Å².